The second-order valence-corrected chi connectivity index (χ2v) is 11.6. The number of nitrogens with zero attached hydrogens (tertiary/aromatic N) is 6. The lowest BCUT2D eigenvalue weighted by atomic mass is 10.0. The van der Waals surface area contributed by atoms with Crippen molar-refractivity contribution in [3.63, 3.8) is 0 Å². The zero-order valence-corrected chi connectivity index (χ0v) is 24.1. The minimum Gasteiger partial charge on any atom is -0.457 e. The van der Waals surface area contributed by atoms with Crippen molar-refractivity contribution in [2.45, 2.75) is 63.7 Å². The molecule has 4 aromatic rings. The van der Waals surface area contributed by atoms with Gasteiger partial charge in [-0.3, -0.25) is 4.79 Å². The van der Waals surface area contributed by atoms with Crippen molar-refractivity contribution in [1.29, 1.82) is 5.26 Å². The first kappa shape index (κ1) is 28.3. The van der Waals surface area contributed by atoms with Gasteiger partial charge in [0.1, 0.15) is 46.8 Å². The van der Waals surface area contributed by atoms with E-state index in [-0.39, 0.29) is 28.9 Å². The molecule has 2 aliphatic rings. The zero-order chi connectivity index (χ0) is 30.1. The number of nitriles is 1. The number of fused-ring (bicyclic) bond motifs is 1. The van der Waals surface area contributed by atoms with Crippen LogP contribution in [-0.4, -0.2) is 54.7 Å². The standard InChI is InChI=1S/C32H33FN8O2/c1-32(2,38-21-10-11-21)16-20(17-34)31(42)40-14-6-7-22(40)18-41-30-27(29(35)36-19-37-30)28(39-41)25-13-12-24(15-26(25)33)43-23-8-4-3-5-9-23/h3-5,8-9,12-13,15-16,19,21-22,38H,6-7,10-11,14,18H2,1-2H3,(H2,35,36,37)/b20-16-/t22-/m1/s1. The molecule has 1 atom stereocenters. The number of anilines is 1. The SMILES string of the molecule is CC(C)(/C=C(/C#N)C(=O)N1CCC[C@@H]1Cn1nc(-c2ccc(Oc3ccccc3)cc2F)c2c(N)ncnc21)NC1CC1. The lowest BCUT2D eigenvalue weighted by molar-refractivity contribution is -0.127. The molecule has 220 valence electrons. The molecule has 2 aromatic heterocycles. The third-order valence-corrected chi connectivity index (χ3v) is 7.76. The van der Waals surface area contributed by atoms with Crippen LogP contribution in [-0.2, 0) is 11.3 Å². The van der Waals surface area contributed by atoms with Gasteiger partial charge in [0.25, 0.3) is 5.91 Å². The fourth-order valence-corrected chi connectivity index (χ4v) is 5.67. The summed E-state index contributed by atoms with van der Waals surface area (Å²) in [5.74, 6) is 0.274. The summed E-state index contributed by atoms with van der Waals surface area (Å²) in [5.41, 5.74) is 6.87. The molecule has 1 aliphatic carbocycles. The van der Waals surface area contributed by atoms with Gasteiger partial charge in [0.05, 0.1) is 18.0 Å². The molecule has 43 heavy (non-hydrogen) atoms. The highest BCUT2D eigenvalue weighted by molar-refractivity contribution is 5.99. The minimum absolute atomic E-state index is 0.113. The maximum atomic E-state index is 15.5. The molecule has 1 amide bonds. The number of halogens is 1. The van der Waals surface area contributed by atoms with Gasteiger partial charge >= 0.3 is 0 Å². The number of nitrogens with two attached hydrogens (primary N) is 1. The van der Waals surface area contributed by atoms with Crippen LogP contribution in [0.1, 0.15) is 39.5 Å². The fourth-order valence-electron chi connectivity index (χ4n) is 5.67. The summed E-state index contributed by atoms with van der Waals surface area (Å²) in [7, 11) is 0. The summed E-state index contributed by atoms with van der Waals surface area (Å²) in [5, 5.41) is 18.5. The highest BCUT2D eigenvalue weighted by Gasteiger charge is 2.34. The first-order valence-electron chi connectivity index (χ1n) is 14.4. The highest BCUT2D eigenvalue weighted by atomic mass is 19.1. The Hall–Kier alpha value is -4.82. The molecule has 1 saturated heterocycles. The highest BCUT2D eigenvalue weighted by Crippen LogP contribution is 2.35. The number of rotatable bonds is 9. The Bertz CT molecular complexity index is 1740. The number of amides is 1. The van der Waals surface area contributed by atoms with Crippen molar-refractivity contribution in [3.8, 4) is 28.8 Å². The van der Waals surface area contributed by atoms with Gasteiger partial charge in [0.2, 0.25) is 0 Å². The summed E-state index contributed by atoms with van der Waals surface area (Å²) in [6.07, 6.45) is 6.79. The molecule has 2 fully saturated rings. The molecule has 3 N–H and O–H groups in total. The summed E-state index contributed by atoms with van der Waals surface area (Å²) < 4.78 is 23.0. The number of nitrogens with one attached hydrogen (secondary N) is 1. The smallest absolute Gasteiger partial charge is 0.264 e. The van der Waals surface area contributed by atoms with E-state index in [0.29, 0.717) is 47.4 Å². The number of para-hydroxylation sites is 1. The van der Waals surface area contributed by atoms with Gasteiger partial charge < -0.3 is 20.7 Å². The van der Waals surface area contributed by atoms with Crippen LogP contribution in [0.4, 0.5) is 10.2 Å². The van der Waals surface area contributed by atoms with Crippen molar-refractivity contribution in [1.82, 2.24) is 30.0 Å². The second-order valence-electron chi connectivity index (χ2n) is 11.6. The molecule has 1 aliphatic heterocycles. The van der Waals surface area contributed by atoms with E-state index in [1.54, 1.807) is 39.9 Å². The van der Waals surface area contributed by atoms with Crippen LogP contribution in [0.15, 0.2) is 66.5 Å². The average molecular weight is 581 g/mol. The molecule has 3 heterocycles. The van der Waals surface area contributed by atoms with E-state index in [4.69, 9.17) is 15.6 Å². The number of likely N-dealkylation sites (tertiary alicyclic amines) is 1. The number of hydrogen-bond acceptors (Lipinski definition) is 8. The number of hydrogen-bond donors (Lipinski definition) is 2. The van der Waals surface area contributed by atoms with Crippen LogP contribution < -0.4 is 15.8 Å². The molecular formula is C32H33FN8O2. The van der Waals surface area contributed by atoms with Gasteiger partial charge in [0.15, 0.2) is 5.65 Å². The summed E-state index contributed by atoms with van der Waals surface area (Å²) in [6.45, 7) is 4.77. The Kier molecular flexibility index (Phi) is 7.54. The molecule has 11 heteroatoms. The van der Waals surface area contributed by atoms with Crippen molar-refractivity contribution in [2.24, 2.45) is 0 Å². The number of ether oxygens (including phenoxy) is 1. The molecule has 2 aromatic carbocycles. The number of benzene rings is 2. The van der Waals surface area contributed by atoms with Crippen LogP contribution in [0.3, 0.4) is 0 Å². The molecule has 0 radical (unpaired) electrons. The quantitative estimate of drug-likeness (QED) is 0.209. The first-order chi connectivity index (χ1) is 20.7. The molecule has 0 unspecified atom stereocenters. The third kappa shape index (κ3) is 6.05. The molecule has 0 bridgehead atoms. The van der Waals surface area contributed by atoms with Gasteiger partial charge in [-0.2, -0.15) is 10.4 Å². The second kappa shape index (κ2) is 11.5. The van der Waals surface area contributed by atoms with Crippen molar-refractivity contribution >= 4 is 22.8 Å². The molecule has 10 nitrogen and oxygen atoms in total. The molecule has 6 rings (SSSR count). The minimum atomic E-state index is -0.535. The van der Waals surface area contributed by atoms with Crippen LogP contribution >= 0.6 is 0 Å². The molecule has 0 spiro atoms. The van der Waals surface area contributed by atoms with Crippen LogP contribution in [0.5, 0.6) is 11.5 Å². The molecule has 1 saturated carbocycles. The average Bonchev–Trinajstić information content (AvgIpc) is 3.52. The third-order valence-electron chi connectivity index (χ3n) is 7.76. The summed E-state index contributed by atoms with van der Waals surface area (Å²) in [6, 6.07) is 16.0. The zero-order valence-electron chi connectivity index (χ0n) is 24.1. The lowest BCUT2D eigenvalue weighted by Gasteiger charge is -2.27. The van der Waals surface area contributed by atoms with Gasteiger partial charge in [-0.1, -0.05) is 18.2 Å². The van der Waals surface area contributed by atoms with Crippen LogP contribution in [0.2, 0.25) is 0 Å². The van der Waals surface area contributed by atoms with E-state index in [0.717, 1.165) is 25.7 Å². The summed E-state index contributed by atoms with van der Waals surface area (Å²) in [4.78, 5) is 23.9. The number of nitrogen functional groups attached to an aromatic ring is 1. The Morgan fingerprint density at radius 2 is 1.98 bits per heavy atom. The van der Waals surface area contributed by atoms with Gasteiger partial charge in [-0.25, -0.2) is 19.0 Å². The Morgan fingerprint density at radius 1 is 1.19 bits per heavy atom. The number of carbonyl (C=O) groups excluding carboxylic acids is 1. The van der Waals surface area contributed by atoms with E-state index in [2.05, 4.69) is 21.4 Å². The lowest BCUT2D eigenvalue weighted by Crippen LogP contribution is -2.42. The van der Waals surface area contributed by atoms with E-state index in [1.165, 1.54) is 12.4 Å². The van der Waals surface area contributed by atoms with E-state index in [9.17, 15) is 10.1 Å². The predicted molar refractivity (Wildman–Crippen MR) is 160 cm³/mol. The normalized spacial score (nSPS) is 17.3. The molecular weight excluding hydrogens is 547 g/mol. The summed E-state index contributed by atoms with van der Waals surface area (Å²) >= 11 is 0. The van der Waals surface area contributed by atoms with Crippen molar-refractivity contribution < 1.29 is 13.9 Å². The first-order valence-corrected chi connectivity index (χ1v) is 14.4. The largest absolute Gasteiger partial charge is 0.457 e. The maximum absolute atomic E-state index is 15.5. The van der Waals surface area contributed by atoms with E-state index >= 15 is 4.39 Å². The predicted octanol–water partition coefficient (Wildman–Crippen LogP) is 4.98. The van der Waals surface area contributed by atoms with Crippen molar-refractivity contribution in [2.75, 3.05) is 12.3 Å². The number of carbonyl (C=O) groups is 1. The van der Waals surface area contributed by atoms with Gasteiger partial charge in [0, 0.05) is 29.8 Å². The fraction of sp³-hybridized carbons (Fsp3) is 0.344. The van der Waals surface area contributed by atoms with Crippen LogP contribution in [0.25, 0.3) is 22.3 Å². The van der Waals surface area contributed by atoms with Crippen molar-refractivity contribution in [3.05, 3.63) is 72.3 Å². The monoisotopic (exact) mass is 580 g/mol. The Labute approximate surface area is 249 Å². The van der Waals surface area contributed by atoms with E-state index < -0.39 is 11.4 Å². The Balaban J connectivity index is 1.28. The van der Waals surface area contributed by atoms with Gasteiger partial charge in [-0.15, -0.1) is 0 Å². The Morgan fingerprint density at radius 3 is 2.70 bits per heavy atom. The van der Waals surface area contributed by atoms with Gasteiger partial charge in [-0.05, 0) is 69.9 Å². The van der Waals surface area contributed by atoms with Crippen LogP contribution in [0, 0.1) is 17.1 Å². The maximum Gasteiger partial charge on any atom is 0.264 e. The topological polar surface area (TPSA) is 135 Å². The van der Waals surface area contributed by atoms with E-state index in [1.807, 2.05) is 32.0 Å². The number of aromatic nitrogens is 4.